The van der Waals surface area contributed by atoms with Crippen molar-refractivity contribution in [1.29, 1.82) is 0 Å². The minimum absolute atomic E-state index is 0.132. The van der Waals surface area contributed by atoms with Crippen LogP contribution >= 0.6 is 0 Å². The molecule has 0 bridgehead atoms. The molecule has 11 heteroatoms. The first-order valence-corrected chi connectivity index (χ1v) is 13.7. The monoisotopic (exact) mass is 534 g/mol. The van der Waals surface area contributed by atoms with Gasteiger partial charge < -0.3 is 10.1 Å². The molecule has 0 atom stereocenters. The second kappa shape index (κ2) is 10.3. The molecule has 2 aromatic heterocycles. The molecule has 198 valence electrons. The second-order valence-electron chi connectivity index (χ2n) is 9.97. The van der Waals surface area contributed by atoms with Crippen molar-refractivity contribution in [2.24, 2.45) is 0 Å². The molecule has 4 rings (SSSR count). The smallest absolute Gasteiger partial charge is 0.259 e. The Morgan fingerprint density at radius 2 is 1.87 bits per heavy atom. The van der Waals surface area contributed by atoms with Gasteiger partial charge in [-0.1, -0.05) is 32.1 Å². The van der Waals surface area contributed by atoms with E-state index < -0.39 is 15.9 Å². The van der Waals surface area contributed by atoms with Gasteiger partial charge in [-0.2, -0.15) is 0 Å². The van der Waals surface area contributed by atoms with E-state index in [1.54, 1.807) is 41.5 Å². The number of aromatic nitrogens is 4. The maximum Gasteiger partial charge on any atom is 0.259 e. The van der Waals surface area contributed by atoms with Crippen LogP contribution in [0.5, 0.6) is 5.75 Å². The lowest BCUT2D eigenvalue weighted by molar-refractivity contribution is 0.102. The number of hydrogen-bond acceptors (Lipinski definition) is 7. The fourth-order valence-corrected chi connectivity index (χ4v) is 4.45. The third kappa shape index (κ3) is 6.00. The number of pyridine rings is 1. The maximum atomic E-state index is 13.5. The fraction of sp³-hybridized carbons (Fsp3) is 0.259. The quantitative estimate of drug-likeness (QED) is 0.355. The van der Waals surface area contributed by atoms with E-state index in [2.05, 4.69) is 25.3 Å². The number of rotatable bonds is 7. The van der Waals surface area contributed by atoms with E-state index in [0.29, 0.717) is 11.4 Å². The summed E-state index contributed by atoms with van der Waals surface area (Å²) in [6.07, 6.45) is 6.22. The van der Waals surface area contributed by atoms with Crippen LogP contribution in [0.15, 0.2) is 61.1 Å². The molecule has 2 heterocycles. The average molecular weight is 535 g/mol. The molecule has 0 fully saturated rings. The summed E-state index contributed by atoms with van der Waals surface area (Å²) >= 11 is 0. The minimum Gasteiger partial charge on any atom is -0.494 e. The topological polar surface area (TPSA) is 128 Å². The zero-order chi connectivity index (χ0) is 27.7. The van der Waals surface area contributed by atoms with Gasteiger partial charge >= 0.3 is 0 Å². The van der Waals surface area contributed by atoms with Crippen molar-refractivity contribution in [3.8, 4) is 22.7 Å². The van der Waals surface area contributed by atoms with Crippen LogP contribution in [-0.2, 0) is 15.4 Å². The molecule has 0 radical (unpaired) electrons. The average Bonchev–Trinajstić information content (AvgIpc) is 3.34. The van der Waals surface area contributed by atoms with Gasteiger partial charge in [0.1, 0.15) is 5.69 Å². The zero-order valence-electron chi connectivity index (χ0n) is 22.1. The van der Waals surface area contributed by atoms with E-state index in [-0.39, 0.29) is 22.4 Å². The van der Waals surface area contributed by atoms with Gasteiger partial charge in [-0.05, 0) is 59.9 Å². The number of nitrogens with one attached hydrogen (secondary N) is 2. The highest BCUT2D eigenvalue weighted by atomic mass is 32.2. The van der Waals surface area contributed by atoms with Crippen molar-refractivity contribution < 1.29 is 17.9 Å². The molecule has 0 aliphatic rings. The van der Waals surface area contributed by atoms with Crippen LogP contribution in [0.1, 0.15) is 42.3 Å². The van der Waals surface area contributed by atoms with Crippen LogP contribution in [0.4, 0.5) is 11.4 Å². The number of carbonyl (C=O) groups is 1. The molecule has 4 aromatic rings. The first-order chi connectivity index (χ1) is 17.9. The van der Waals surface area contributed by atoms with E-state index in [1.807, 2.05) is 52.0 Å². The Labute approximate surface area is 222 Å². The highest BCUT2D eigenvalue weighted by molar-refractivity contribution is 7.92. The largest absolute Gasteiger partial charge is 0.494 e. The molecule has 0 spiro atoms. The number of ether oxygens (including phenoxy) is 1. The summed E-state index contributed by atoms with van der Waals surface area (Å²) in [5.74, 6) is -0.314. The van der Waals surface area contributed by atoms with E-state index in [4.69, 9.17) is 4.74 Å². The van der Waals surface area contributed by atoms with Gasteiger partial charge in [0.25, 0.3) is 5.91 Å². The maximum absolute atomic E-state index is 13.5. The van der Waals surface area contributed by atoms with Crippen LogP contribution < -0.4 is 14.8 Å². The highest BCUT2D eigenvalue weighted by Gasteiger charge is 2.24. The summed E-state index contributed by atoms with van der Waals surface area (Å²) < 4.78 is 33.6. The van der Waals surface area contributed by atoms with Gasteiger partial charge in [-0.15, -0.1) is 5.10 Å². The summed E-state index contributed by atoms with van der Waals surface area (Å²) in [4.78, 5) is 17.6. The number of hydrogen-bond donors (Lipinski definition) is 2. The molecule has 2 N–H and O–H groups in total. The molecule has 0 unspecified atom stereocenters. The van der Waals surface area contributed by atoms with E-state index >= 15 is 0 Å². The Morgan fingerprint density at radius 3 is 2.50 bits per heavy atom. The molecule has 0 aliphatic heterocycles. The summed E-state index contributed by atoms with van der Waals surface area (Å²) in [6.45, 7) is 7.88. The third-order valence-electron chi connectivity index (χ3n) is 5.87. The SMILES string of the molecule is COc1c(NS(C)(=O)=O)cc(C(C)(C)C)cc1C(=O)Nc1ccc(C)c(-c2cn(-c3cccnc3)nn2)c1. The van der Waals surface area contributed by atoms with Gasteiger partial charge in [0, 0.05) is 17.4 Å². The lowest BCUT2D eigenvalue weighted by Gasteiger charge is -2.23. The van der Waals surface area contributed by atoms with Crippen LogP contribution in [0.3, 0.4) is 0 Å². The van der Waals surface area contributed by atoms with Crippen LogP contribution in [0, 0.1) is 6.92 Å². The lowest BCUT2D eigenvalue weighted by Crippen LogP contribution is -2.19. The number of methoxy groups -OCH3 is 1. The standard InChI is InChI=1S/C27H30N6O4S/c1-17-9-10-19(14-21(17)24-16-33(32-30-24)20-8-7-11-28-15-20)29-26(34)22-12-18(27(2,3)4)13-23(25(22)37-5)31-38(6,35)36/h7-16,31H,1-6H3,(H,29,34). The van der Waals surface area contributed by atoms with E-state index in [0.717, 1.165) is 28.6 Å². The molecule has 0 saturated carbocycles. The molecule has 0 aliphatic carbocycles. The van der Waals surface area contributed by atoms with Crippen molar-refractivity contribution in [3.05, 3.63) is 77.7 Å². The summed E-state index contributed by atoms with van der Waals surface area (Å²) in [6, 6.07) is 12.6. The first-order valence-electron chi connectivity index (χ1n) is 11.8. The van der Waals surface area contributed by atoms with Crippen LogP contribution in [-0.4, -0.2) is 47.7 Å². The fourth-order valence-electron chi connectivity index (χ4n) is 3.90. The van der Waals surface area contributed by atoms with Crippen molar-refractivity contribution in [1.82, 2.24) is 20.0 Å². The van der Waals surface area contributed by atoms with Gasteiger partial charge in [0.05, 0.1) is 42.7 Å². The summed E-state index contributed by atoms with van der Waals surface area (Å²) in [7, 11) is -2.22. The predicted octanol–water partition coefficient (Wildman–Crippen LogP) is 4.57. The molecule has 0 saturated heterocycles. The molecule has 1 amide bonds. The van der Waals surface area contributed by atoms with Crippen molar-refractivity contribution in [3.63, 3.8) is 0 Å². The number of nitrogens with zero attached hydrogens (tertiary/aromatic N) is 4. The Morgan fingerprint density at radius 1 is 1.11 bits per heavy atom. The Hall–Kier alpha value is -4.25. The molecule has 38 heavy (non-hydrogen) atoms. The normalized spacial score (nSPS) is 11.7. The summed E-state index contributed by atoms with van der Waals surface area (Å²) in [5.41, 5.74) is 4.51. The number of benzene rings is 2. The van der Waals surface area contributed by atoms with Gasteiger partial charge in [-0.3, -0.25) is 14.5 Å². The van der Waals surface area contributed by atoms with Gasteiger partial charge in [0.2, 0.25) is 10.0 Å². The number of anilines is 2. The highest BCUT2D eigenvalue weighted by Crippen LogP contribution is 2.36. The Kier molecular flexibility index (Phi) is 7.23. The molecule has 10 nitrogen and oxygen atoms in total. The lowest BCUT2D eigenvalue weighted by atomic mass is 9.85. The second-order valence-corrected chi connectivity index (χ2v) is 11.7. The van der Waals surface area contributed by atoms with Gasteiger partial charge in [-0.25, -0.2) is 13.1 Å². The van der Waals surface area contributed by atoms with Crippen molar-refractivity contribution in [2.45, 2.75) is 33.1 Å². The number of amides is 1. The summed E-state index contributed by atoms with van der Waals surface area (Å²) in [5, 5.41) is 11.4. The number of carbonyl (C=O) groups excluding carboxylic acids is 1. The minimum atomic E-state index is -3.61. The Bertz CT molecular complexity index is 1590. The molecule has 2 aromatic carbocycles. The van der Waals surface area contributed by atoms with E-state index in [1.165, 1.54) is 7.11 Å². The zero-order valence-corrected chi connectivity index (χ0v) is 22.9. The number of aryl methyl sites for hydroxylation is 1. The number of sulfonamides is 1. The van der Waals surface area contributed by atoms with Gasteiger partial charge in [0.15, 0.2) is 5.75 Å². The molecular weight excluding hydrogens is 504 g/mol. The first kappa shape index (κ1) is 26.8. The van der Waals surface area contributed by atoms with Crippen LogP contribution in [0.2, 0.25) is 0 Å². The van der Waals surface area contributed by atoms with Crippen molar-refractivity contribution >= 4 is 27.3 Å². The predicted molar refractivity (Wildman–Crippen MR) is 147 cm³/mol. The molecular formula is C27H30N6O4S. The van der Waals surface area contributed by atoms with E-state index in [9.17, 15) is 13.2 Å². The van der Waals surface area contributed by atoms with Crippen LogP contribution in [0.25, 0.3) is 16.9 Å². The van der Waals surface area contributed by atoms with Crippen molar-refractivity contribution in [2.75, 3.05) is 23.4 Å². The Balaban J connectivity index is 1.70. The third-order valence-corrected chi connectivity index (χ3v) is 6.47.